The van der Waals surface area contributed by atoms with Crippen LogP contribution in [0.5, 0.6) is 5.75 Å². The van der Waals surface area contributed by atoms with Gasteiger partial charge in [-0.2, -0.15) is 0 Å². The molecule has 0 saturated carbocycles. The van der Waals surface area contributed by atoms with Crippen molar-refractivity contribution in [3.63, 3.8) is 0 Å². The zero-order valence-electron chi connectivity index (χ0n) is 18.3. The van der Waals surface area contributed by atoms with Crippen LogP contribution in [0.15, 0.2) is 84.9 Å². The Hall–Kier alpha value is -3.33. The number of benzene rings is 3. The van der Waals surface area contributed by atoms with Gasteiger partial charge in [0.1, 0.15) is 17.8 Å². The second kappa shape index (κ2) is 7.12. The van der Waals surface area contributed by atoms with Crippen molar-refractivity contribution in [1.82, 2.24) is 0 Å². The van der Waals surface area contributed by atoms with Crippen molar-refractivity contribution in [2.24, 2.45) is 0 Å². The molecule has 2 bridgehead atoms. The van der Waals surface area contributed by atoms with Crippen LogP contribution in [0.25, 0.3) is 0 Å². The minimum Gasteiger partial charge on any atom is -0.489 e. The Morgan fingerprint density at radius 1 is 0.871 bits per heavy atom. The summed E-state index contributed by atoms with van der Waals surface area (Å²) in [6, 6.07) is 24.7. The van der Waals surface area contributed by atoms with Gasteiger partial charge in [-0.25, -0.2) is 0 Å². The molecule has 0 fully saturated rings. The molecule has 1 unspecified atom stereocenters. The number of carbonyl (C=O) groups excluding carboxylic acids is 1. The third kappa shape index (κ3) is 2.91. The van der Waals surface area contributed by atoms with E-state index in [1.807, 2.05) is 53.5 Å². The van der Waals surface area contributed by atoms with E-state index in [1.165, 1.54) is 5.56 Å². The average Bonchev–Trinajstić information content (AvgIpc) is 3.01. The standard InChI is InChI=1S/C28H27NO2/c1-27(2,3)21-15-16-25-23(19-21)28(20-11-5-4-6-12-20)22-13-7-8-14-24(22)29(26(28)30)17-9-10-18-31-25/h4-16,19H,17-18H2,1-3H3/b10-9-. The van der Waals surface area contributed by atoms with E-state index in [0.29, 0.717) is 13.2 Å². The van der Waals surface area contributed by atoms with Gasteiger partial charge in [-0.15, -0.1) is 0 Å². The van der Waals surface area contributed by atoms with E-state index in [-0.39, 0.29) is 11.3 Å². The highest BCUT2D eigenvalue weighted by Gasteiger charge is 2.54. The lowest BCUT2D eigenvalue weighted by molar-refractivity contribution is -0.120. The highest BCUT2D eigenvalue weighted by molar-refractivity contribution is 6.13. The number of hydrogen-bond acceptors (Lipinski definition) is 2. The summed E-state index contributed by atoms with van der Waals surface area (Å²) in [5.74, 6) is 0.829. The lowest BCUT2D eigenvalue weighted by Gasteiger charge is -2.33. The summed E-state index contributed by atoms with van der Waals surface area (Å²) < 4.78 is 6.23. The van der Waals surface area contributed by atoms with Crippen LogP contribution in [0.2, 0.25) is 0 Å². The number of nitrogens with zero attached hydrogens (tertiary/aromatic N) is 1. The van der Waals surface area contributed by atoms with Crippen LogP contribution in [0, 0.1) is 0 Å². The number of rotatable bonds is 1. The molecule has 1 amide bonds. The quantitative estimate of drug-likeness (QED) is 0.489. The number of anilines is 1. The van der Waals surface area contributed by atoms with E-state index in [1.54, 1.807) is 0 Å². The van der Waals surface area contributed by atoms with Gasteiger partial charge in [-0.3, -0.25) is 4.79 Å². The lowest BCUT2D eigenvalue weighted by atomic mass is 9.68. The van der Waals surface area contributed by atoms with Gasteiger partial charge < -0.3 is 9.64 Å². The monoisotopic (exact) mass is 409 g/mol. The fraction of sp³-hybridized carbons (Fsp3) is 0.250. The normalized spacial score (nSPS) is 21.1. The Bertz CT molecular complexity index is 1170. The Morgan fingerprint density at radius 2 is 1.61 bits per heavy atom. The van der Waals surface area contributed by atoms with Crippen molar-refractivity contribution in [3.05, 3.63) is 107 Å². The van der Waals surface area contributed by atoms with Crippen molar-refractivity contribution in [2.75, 3.05) is 18.1 Å². The van der Waals surface area contributed by atoms with Crippen LogP contribution in [0.3, 0.4) is 0 Å². The topological polar surface area (TPSA) is 29.5 Å². The Kier molecular flexibility index (Phi) is 4.51. The molecule has 0 saturated heterocycles. The number of carbonyl (C=O) groups is 1. The maximum Gasteiger partial charge on any atom is 0.247 e. The summed E-state index contributed by atoms with van der Waals surface area (Å²) in [4.78, 5) is 16.3. The first kappa shape index (κ1) is 19.6. The molecule has 3 nitrogen and oxygen atoms in total. The molecule has 0 N–H and O–H groups in total. The lowest BCUT2D eigenvalue weighted by Crippen LogP contribution is -2.43. The molecule has 0 aliphatic carbocycles. The van der Waals surface area contributed by atoms with Crippen LogP contribution < -0.4 is 9.64 Å². The van der Waals surface area contributed by atoms with Gasteiger partial charge in [0.25, 0.3) is 0 Å². The Morgan fingerprint density at radius 3 is 2.39 bits per heavy atom. The van der Waals surface area contributed by atoms with Crippen LogP contribution in [0.1, 0.15) is 43.0 Å². The molecule has 156 valence electrons. The van der Waals surface area contributed by atoms with Crippen LogP contribution >= 0.6 is 0 Å². The summed E-state index contributed by atoms with van der Waals surface area (Å²) in [6.45, 7) is 7.60. The van der Waals surface area contributed by atoms with Crippen molar-refractivity contribution in [3.8, 4) is 5.75 Å². The van der Waals surface area contributed by atoms with E-state index in [9.17, 15) is 4.79 Å². The fourth-order valence-electron chi connectivity index (χ4n) is 4.82. The minimum atomic E-state index is -0.945. The Balaban J connectivity index is 1.93. The van der Waals surface area contributed by atoms with Crippen LogP contribution in [-0.4, -0.2) is 19.1 Å². The SMILES string of the molecule is CC(C)(C)c1ccc2c(c1)C1(c3ccccc3)C(=O)N(C/C=C\CO2)c2ccccc21. The first-order valence-corrected chi connectivity index (χ1v) is 10.8. The third-order valence-corrected chi connectivity index (χ3v) is 6.41. The fourth-order valence-corrected chi connectivity index (χ4v) is 4.82. The van der Waals surface area contributed by atoms with E-state index < -0.39 is 5.41 Å². The van der Waals surface area contributed by atoms with Gasteiger partial charge in [-0.1, -0.05) is 81.4 Å². The first-order chi connectivity index (χ1) is 14.9. The van der Waals surface area contributed by atoms with Gasteiger partial charge in [-0.05, 0) is 40.8 Å². The van der Waals surface area contributed by atoms with Crippen LogP contribution in [0.4, 0.5) is 5.69 Å². The average molecular weight is 410 g/mol. The van der Waals surface area contributed by atoms with E-state index in [2.05, 4.69) is 57.2 Å². The number of para-hydroxylation sites is 1. The Labute approximate surface area is 184 Å². The molecule has 2 aliphatic rings. The highest BCUT2D eigenvalue weighted by atomic mass is 16.5. The van der Waals surface area contributed by atoms with Crippen molar-refractivity contribution in [2.45, 2.75) is 31.6 Å². The number of ether oxygens (including phenoxy) is 1. The van der Waals surface area contributed by atoms with Gasteiger partial charge in [0, 0.05) is 23.4 Å². The van der Waals surface area contributed by atoms with Gasteiger partial charge in [0.05, 0.1) is 0 Å². The zero-order chi connectivity index (χ0) is 21.6. The van der Waals surface area contributed by atoms with Crippen molar-refractivity contribution < 1.29 is 9.53 Å². The third-order valence-electron chi connectivity index (χ3n) is 6.41. The maximum atomic E-state index is 14.4. The molecule has 31 heavy (non-hydrogen) atoms. The zero-order valence-corrected chi connectivity index (χ0v) is 18.3. The molecule has 0 aromatic heterocycles. The number of hydrogen-bond donors (Lipinski definition) is 0. The first-order valence-electron chi connectivity index (χ1n) is 10.8. The van der Waals surface area contributed by atoms with Crippen LogP contribution in [-0.2, 0) is 15.6 Å². The number of amides is 1. The van der Waals surface area contributed by atoms with E-state index in [4.69, 9.17) is 4.74 Å². The minimum absolute atomic E-state index is 0.0526. The molecule has 3 heteroatoms. The van der Waals surface area contributed by atoms with Gasteiger partial charge in [0.2, 0.25) is 5.91 Å². The van der Waals surface area contributed by atoms with E-state index in [0.717, 1.165) is 28.1 Å². The van der Waals surface area contributed by atoms with Gasteiger partial charge >= 0.3 is 0 Å². The molecular weight excluding hydrogens is 382 g/mol. The molecule has 3 aromatic carbocycles. The molecule has 2 aliphatic heterocycles. The summed E-state index contributed by atoms with van der Waals surface area (Å²) >= 11 is 0. The smallest absolute Gasteiger partial charge is 0.247 e. The molecule has 3 aromatic rings. The van der Waals surface area contributed by atoms with Gasteiger partial charge in [0.15, 0.2) is 0 Å². The highest BCUT2D eigenvalue weighted by Crippen LogP contribution is 2.53. The maximum absolute atomic E-state index is 14.4. The second-order valence-corrected chi connectivity index (χ2v) is 9.29. The van der Waals surface area contributed by atoms with E-state index >= 15 is 0 Å². The second-order valence-electron chi connectivity index (χ2n) is 9.29. The van der Waals surface area contributed by atoms with Crippen molar-refractivity contribution >= 4 is 11.6 Å². The predicted molar refractivity (Wildman–Crippen MR) is 125 cm³/mol. The summed E-state index contributed by atoms with van der Waals surface area (Å²) in [7, 11) is 0. The summed E-state index contributed by atoms with van der Waals surface area (Å²) in [6.07, 6.45) is 4.01. The molecule has 5 rings (SSSR count). The summed E-state index contributed by atoms with van der Waals surface area (Å²) in [5.41, 5.74) is 4.05. The molecular formula is C28H27NO2. The van der Waals surface area contributed by atoms with Crippen molar-refractivity contribution in [1.29, 1.82) is 0 Å². The molecule has 0 radical (unpaired) electrons. The molecule has 2 heterocycles. The predicted octanol–water partition coefficient (Wildman–Crippen LogP) is 5.61. The largest absolute Gasteiger partial charge is 0.489 e. The summed E-state index contributed by atoms with van der Waals surface area (Å²) in [5, 5.41) is 0. The molecule has 1 atom stereocenters. The number of fused-ring (bicyclic) bond motifs is 7. The molecule has 0 spiro atoms.